The van der Waals surface area contributed by atoms with Crippen molar-refractivity contribution in [2.24, 2.45) is 5.92 Å². The zero-order valence-electron chi connectivity index (χ0n) is 13.0. The molecule has 0 saturated carbocycles. The van der Waals surface area contributed by atoms with Gasteiger partial charge in [-0.25, -0.2) is 4.98 Å². The van der Waals surface area contributed by atoms with Crippen LogP contribution in [0.4, 0.5) is 19.0 Å². The number of nitrogens with zero attached hydrogens (tertiary/aromatic N) is 2. The van der Waals surface area contributed by atoms with Crippen LogP contribution in [0.15, 0.2) is 18.3 Å². The number of hydrogen-bond acceptors (Lipinski definition) is 4. The Morgan fingerprint density at radius 2 is 2.17 bits per heavy atom. The number of aliphatic hydroxyl groups is 1. The van der Waals surface area contributed by atoms with Crippen LogP contribution in [0.5, 0.6) is 0 Å². The van der Waals surface area contributed by atoms with E-state index in [2.05, 4.69) is 4.98 Å². The summed E-state index contributed by atoms with van der Waals surface area (Å²) < 4.78 is 43.5. The van der Waals surface area contributed by atoms with Crippen LogP contribution < -0.4 is 4.90 Å². The Kier molecular flexibility index (Phi) is 4.27. The Morgan fingerprint density at radius 1 is 1.39 bits per heavy atom. The second kappa shape index (κ2) is 5.94. The van der Waals surface area contributed by atoms with Crippen LogP contribution in [-0.2, 0) is 10.9 Å². The van der Waals surface area contributed by atoms with E-state index in [1.165, 1.54) is 6.07 Å². The molecule has 128 valence electrons. The van der Waals surface area contributed by atoms with Crippen molar-refractivity contribution in [3.63, 3.8) is 0 Å². The van der Waals surface area contributed by atoms with Crippen LogP contribution in [0.2, 0.25) is 0 Å². The normalized spacial score (nSPS) is 32.3. The van der Waals surface area contributed by atoms with E-state index in [1.807, 2.05) is 11.8 Å². The third-order valence-corrected chi connectivity index (χ3v) is 4.98. The third-order valence-electron chi connectivity index (χ3n) is 4.98. The first kappa shape index (κ1) is 16.5. The molecule has 0 aliphatic carbocycles. The molecule has 0 unspecified atom stereocenters. The van der Waals surface area contributed by atoms with Gasteiger partial charge in [0.25, 0.3) is 0 Å². The number of ether oxygens (including phenoxy) is 1. The van der Waals surface area contributed by atoms with Gasteiger partial charge in [0.2, 0.25) is 0 Å². The molecule has 0 amide bonds. The van der Waals surface area contributed by atoms with Gasteiger partial charge in [-0.2, -0.15) is 13.2 Å². The molecule has 4 nitrogen and oxygen atoms in total. The number of aromatic nitrogens is 1. The predicted molar refractivity (Wildman–Crippen MR) is 79.2 cm³/mol. The second-order valence-corrected chi connectivity index (χ2v) is 6.59. The van der Waals surface area contributed by atoms with Gasteiger partial charge >= 0.3 is 6.18 Å². The Bertz CT molecular complexity index is 545. The molecule has 2 fully saturated rings. The molecule has 3 heterocycles. The van der Waals surface area contributed by atoms with E-state index in [9.17, 15) is 18.3 Å². The van der Waals surface area contributed by atoms with Crippen LogP contribution >= 0.6 is 0 Å². The minimum absolute atomic E-state index is 0.0366. The van der Waals surface area contributed by atoms with Crippen molar-refractivity contribution in [1.82, 2.24) is 4.98 Å². The number of hydrogen-bond donors (Lipinski definition) is 1. The van der Waals surface area contributed by atoms with E-state index in [0.717, 1.165) is 31.6 Å². The Hall–Kier alpha value is -1.34. The highest BCUT2D eigenvalue weighted by Crippen LogP contribution is 2.38. The monoisotopic (exact) mass is 330 g/mol. The van der Waals surface area contributed by atoms with Gasteiger partial charge in [0, 0.05) is 31.3 Å². The molecule has 0 spiro atoms. The summed E-state index contributed by atoms with van der Waals surface area (Å²) in [4.78, 5) is 6.01. The first-order valence-corrected chi connectivity index (χ1v) is 7.89. The zero-order chi connectivity index (χ0) is 16.7. The van der Waals surface area contributed by atoms with Gasteiger partial charge in [-0.3, -0.25) is 0 Å². The minimum Gasteiger partial charge on any atom is -0.390 e. The highest BCUT2D eigenvalue weighted by Gasteiger charge is 2.44. The van der Waals surface area contributed by atoms with Gasteiger partial charge in [-0.1, -0.05) is 0 Å². The quantitative estimate of drug-likeness (QED) is 0.906. The highest BCUT2D eigenvalue weighted by atomic mass is 19.4. The lowest BCUT2D eigenvalue weighted by Gasteiger charge is -2.43. The minimum atomic E-state index is -4.38. The SMILES string of the molecule is C[C@]1(O)CCOC[C@H]1[C@H]1CCCN1c1ccc(C(F)(F)F)cn1. The number of pyridine rings is 1. The second-order valence-electron chi connectivity index (χ2n) is 6.59. The molecule has 23 heavy (non-hydrogen) atoms. The topological polar surface area (TPSA) is 45.6 Å². The lowest BCUT2D eigenvalue weighted by molar-refractivity contribution is -0.137. The average molecular weight is 330 g/mol. The third kappa shape index (κ3) is 3.30. The first-order chi connectivity index (χ1) is 10.8. The van der Waals surface area contributed by atoms with Crippen LogP contribution in [0.1, 0.15) is 31.7 Å². The van der Waals surface area contributed by atoms with Crippen molar-refractivity contribution in [3.05, 3.63) is 23.9 Å². The molecule has 1 N–H and O–H groups in total. The standard InChI is InChI=1S/C16H21F3N2O2/c1-15(22)6-8-23-10-12(15)13-3-2-7-21(13)14-5-4-11(9-20-14)16(17,18)19/h4-5,9,12-13,22H,2-3,6-8,10H2,1H3/t12-,13+,15-/m0/s1. The van der Waals surface area contributed by atoms with Gasteiger partial charge in [0.1, 0.15) is 5.82 Å². The summed E-state index contributed by atoms with van der Waals surface area (Å²) in [6.45, 7) is 3.55. The lowest BCUT2D eigenvalue weighted by atomic mass is 9.79. The van der Waals surface area contributed by atoms with Gasteiger partial charge in [0.05, 0.1) is 17.8 Å². The average Bonchev–Trinajstić information content (AvgIpc) is 2.95. The van der Waals surface area contributed by atoms with Gasteiger partial charge in [-0.15, -0.1) is 0 Å². The summed E-state index contributed by atoms with van der Waals surface area (Å²) >= 11 is 0. The molecule has 2 saturated heterocycles. The maximum atomic E-state index is 12.7. The van der Waals surface area contributed by atoms with Crippen molar-refractivity contribution in [3.8, 4) is 0 Å². The lowest BCUT2D eigenvalue weighted by Crippen LogP contribution is -2.52. The predicted octanol–water partition coefficient (Wildman–Crippen LogP) is 2.86. The van der Waals surface area contributed by atoms with E-state index in [-0.39, 0.29) is 12.0 Å². The molecular weight excluding hydrogens is 309 g/mol. The Balaban J connectivity index is 1.81. The summed E-state index contributed by atoms with van der Waals surface area (Å²) in [6, 6.07) is 2.52. The van der Waals surface area contributed by atoms with Crippen LogP contribution in [0.25, 0.3) is 0 Å². The van der Waals surface area contributed by atoms with E-state index in [4.69, 9.17) is 4.74 Å². The summed E-state index contributed by atoms with van der Waals surface area (Å²) in [5.41, 5.74) is -1.57. The van der Waals surface area contributed by atoms with E-state index < -0.39 is 17.3 Å². The zero-order valence-corrected chi connectivity index (χ0v) is 13.0. The molecular formula is C16H21F3N2O2. The maximum Gasteiger partial charge on any atom is 0.417 e. The van der Waals surface area contributed by atoms with Crippen LogP contribution in [0.3, 0.4) is 0 Å². The fourth-order valence-corrected chi connectivity index (χ4v) is 3.60. The molecule has 3 atom stereocenters. The van der Waals surface area contributed by atoms with Crippen LogP contribution in [0, 0.1) is 5.92 Å². The van der Waals surface area contributed by atoms with Gasteiger partial charge in [0.15, 0.2) is 0 Å². The summed E-state index contributed by atoms with van der Waals surface area (Å²) in [5, 5.41) is 10.6. The highest BCUT2D eigenvalue weighted by molar-refractivity contribution is 5.43. The molecule has 0 radical (unpaired) electrons. The van der Waals surface area contributed by atoms with Crippen molar-refractivity contribution in [2.75, 3.05) is 24.7 Å². The fraction of sp³-hybridized carbons (Fsp3) is 0.688. The summed E-state index contributed by atoms with van der Waals surface area (Å²) in [6.07, 6.45) is -1.12. The molecule has 2 aliphatic heterocycles. The Labute approximate surface area is 133 Å². The number of anilines is 1. The van der Waals surface area contributed by atoms with Crippen LogP contribution in [-0.4, -0.2) is 41.5 Å². The number of rotatable bonds is 2. The smallest absolute Gasteiger partial charge is 0.390 e. The van der Waals surface area contributed by atoms with E-state index >= 15 is 0 Å². The van der Waals surface area contributed by atoms with E-state index in [0.29, 0.717) is 25.5 Å². The molecule has 1 aromatic rings. The molecule has 1 aromatic heterocycles. The largest absolute Gasteiger partial charge is 0.417 e. The van der Waals surface area contributed by atoms with Gasteiger partial charge in [-0.05, 0) is 38.3 Å². The van der Waals surface area contributed by atoms with Crippen molar-refractivity contribution >= 4 is 5.82 Å². The summed E-state index contributed by atoms with van der Waals surface area (Å²) in [5.74, 6) is 0.463. The first-order valence-electron chi connectivity index (χ1n) is 7.89. The fourth-order valence-electron chi connectivity index (χ4n) is 3.60. The number of halogens is 3. The number of alkyl halides is 3. The molecule has 2 aliphatic rings. The molecule has 0 aromatic carbocycles. The van der Waals surface area contributed by atoms with E-state index in [1.54, 1.807) is 0 Å². The van der Waals surface area contributed by atoms with Crippen molar-refractivity contribution < 1.29 is 23.0 Å². The molecule has 7 heteroatoms. The maximum absolute atomic E-state index is 12.7. The van der Waals surface area contributed by atoms with Crippen molar-refractivity contribution in [2.45, 2.75) is 44.0 Å². The van der Waals surface area contributed by atoms with Gasteiger partial charge < -0.3 is 14.7 Å². The molecule has 3 rings (SSSR count). The summed E-state index contributed by atoms with van der Waals surface area (Å²) in [7, 11) is 0. The van der Waals surface area contributed by atoms with Crippen molar-refractivity contribution in [1.29, 1.82) is 0 Å². The Morgan fingerprint density at radius 3 is 2.78 bits per heavy atom. The molecule has 0 bridgehead atoms.